The molecule has 0 saturated heterocycles. The van der Waals surface area contributed by atoms with E-state index in [2.05, 4.69) is 15.5 Å². The van der Waals surface area contributed by atoms with Gasteiger partial charge in [-0.25, -0.2) is 10.2 Å². The number of hydrogen-bond donors (Lipinski definition) is 2. The Kier molecular flexibility index (Phi) is 3.60. The van der Waals surface area contributed by atoms with Crippen LogP contribution in [0.3, 0.4) is 0 Å². The van der Waals surface area contributed by atoms with Crippen LogP contribution in [0.15, 0.2) is 10.7 Å². The van der Waals surface area contributed by atoms with Gasteiger partial charge in [-0.15, -0.1) is 0 Å². The molecule has 1 amide bonds. The van der Waals surface area contributed by atoms with E-state index < -0.39 is 0 Å². The van der Waals surface area contributed by atoms with E-state index in [-0.39, 0.29) is 11.9 Å². The van der Waals surface area contributed by atoms with E-state index in [1.165, 1.54) is 0 Å². The molecule has 1 aromatic rings. The van der Waals surface area contributed by atoms with Crippen LogP contribution in [0.25, 0.3) is 6.08 Å². The number of rotatable bonds is 4. The van der Waals surface area contributed by atoms with Crippen molar-refractivity contribution in [2.24, 2.45) is 11.0 Å². The van der Waals surface area contributed by atoms with E-state index in [9.17, 15) is 9.59 Å². The van der Waals surface area contributed by atoms with Gasteiger partial charge in [-0.1, -0.05) is 0 Å². The summed E-state index contributed by atoms with van der Waals surface area (Å²) in [5.74, 6) is -0.150. The Balaban J connectivity index is 1.97. The molecule has 1 fully saturated rings. The number of aromatic amines is 1. The number of ether oxygens (including phenoxy) is 1. The van der Waals surface area contributed by atoms with Crippen LogP contribution in [-0.4, -0.2) is 29.2 Å². The number of hydrogen-bond acceptors (Lipinski definition) is 4. The molecule has 2 N–H and O–H groups in total. The van der Waals surface area contributed by atoms with Crippen LogP contribution in [-0.2, 0) is 9.53 Å². The van der Waals surface area contributed by atoms with E-state index in [1.807, 2.05) is 13.8 Å². The van der Waals surface area contributed by atoms with Crippen molar-refractivity contribution >= 4 is 23.7 Å². The smallest absolute Gasteiger partial charge is 0.340 e. The van der Waals surface area contributed by atoms with Gasteiger partial charge in [-0.05, 0) is 45.3 Å². The van der Waals surface area contributed by atoms with Gasteiger partial charge in [0, 0.05) is 17.3 Å². The fourth-order valence-electron chi connectivity index (χ4n) is 2.73. The number of amides is 1. The van der Waals surface area contributed by atoms with Gasteiger partial charge in [0.15, 0.2) is 0 Å². The topological polar surface area (TPSA) is 83.5 Å². The Hall–Kier alpha value is -2.37. The second-order valence-corrected chi connectivity index (χ2v) is 5.65. The Morgan fingerprint density at radius 2 is 2.14 bits per heavy atom. The van der Waals surface area contributed by atoms with E-state index in [0.717, 1.165) is 35.5 Å². The molecule has 6 heteroatoms. The molecule has 0 unspecified atom stereocenters. The molecule has 3 rings (SSSR count). The number of carbonyl (C=O) groups is 2. The number of aryl methyl sites for hydroxylation is 1. The molecule has 116 valence electrons. The van der Waals surface area contributed by atoms with Crippen molar-refractivity contribution in [3.05, 3.63) is 28.1 Å². The fourth-order valence-corrected chi connectivity index (χ4v) is 2.73. The number of nitrogens with one attached hydrogen (secondary N) is 2. The molecule has 1 saturated carbocycles. The first-order valence-electron chi connectivity index (χ1n) is 7.49. The van der Waals surface area contributed by atoms with Gasteiger partial charge in [0.05, 0.1) is 23.5 Å². The third kappa shape index (κ3) is 2.45. The number of H-pyrrole nitrogens is 1. The first-order chi connectivity index (χ1) is 10.5. The molecule has 2 heterocycles. The molecule has 0 radical (unpaired) electrons. The van der Waals surface area contributed by atoms with Crippen molar-refractivity contribution in [1.82, 2.24) is 10.4 Å². The van der Waals surface area contributed by atoms with Crippen LogP contribution >= 0.6 is 0 Å². The summed E-state index contributed by atoms with van der Waals surface area (Å²) in [4.78, 5) is 27.1. The van der Waals surface area contributed by atoms with E-state index >= 15 is 0 Å². The minimum Gasteiger partial charge on any atom is -0.462 e. The SMILES string of the molecule is CCOC(=O)c1c(C)[nH]c(C=C2C(=O)NN=C2C2CC2)c1C. The van der Waals surface area contributed by atoms with Crippen LogP contribution in [0.5, 0.6) is 0 Å². The number of carbonyl (C=O) groups excluding carboxylic acids is 2. The zero-order chi connectivity index (χ0) is 15.9. The predicted molar refractivity (Wildman–Crippen MR) is 82.5 cm³/mol. The van der Waals surface area contributed by atoms with Crippen molar-refractivity contribution in [1.29, 1.82) is 0 Å². The van der Waals surface area contributed by atoms with Crippen LogP contribution in [0, 0.1) is 19.8 Å². The Labute approximate surface area is 128 Å². The van der Waals surface area contributed by atoms with Crippen LogP contribution < -0.4 is 5.43 Å². The maximum atomic E-state index is 12.0. The maximum Gasteiger partial charge on any atom is 0.340 e. The highest BCUT2D eigenvalue weighted by atomic mass is 16.5. The lowest BCUT2D eigenvalue weighted by Gasteiger charge is -2.02. The molecule has 2 aliphatic rings. The summed E-state index contributed by atoms with van der Waals surface area (Å²) >= 11 is 0. The molecule has 6 nitrogen and oxygen atoms in total. The lowest BCUT2D eigenvalue weighted by atomic mass is 10.0. The molecular formula is C16H19N3O3. The molecule has 1 aromatic heterocycles. The van der Waals surface area contributed by atoms with E-state index in [0.29, 0.717) is 23.7 Å². The highest BCUT2D eigenvalue weighted by Gasteiger charge is 2.36. The zero-order valence-corrected chi connectivity index (χ0v) is 12.9. The predicted octanol–water partition coefficient (Wildman–Crippen LogP) is 2.09. The van der Waals surface area contributed by atoms with Gasteiger partial charge in [0.2, 0.25) is 0 Å². The van der Waals surface area contributed by atoms with Crippen molar-refractivity contribution < 1.29 is 14.3 Å². The molecule has 0 atom stereocenters. The summed E-state index contributed by atoms with van der Waals surface area (Å²) in [6.45, 7) is 5.79. The standard InChI is InChI=1S/C16H19N3O3/c1-4-22-16(21)13-8(2)12(17-9(13)3)7-11-14(10-5-6-10)18-19-15(11)20/h7,10,17H,4-6H2,1-3H3,(H,19,20). The minimum absolute atomic E-state index is 0.189. The summed E-state index contributed by atoms with van der Waals surface area (Å²) in [6, 6.07) is 0. The molecule has 0 bridgehead atoms. The molecular weight excluding hydrogens is 282 g/mol. The van der Waals surface area contributed by atoms with Crippen molar-refractivity contribution in [2.45, 2.75) is 33.6 Å². The van der Waals surface area contributed by atoms with Crippen molar-refractivity contribution in [2.75, 3.05) is 6.61 Å². The summed E-state index contributed by atoms with van der Waals surface area (Å²) < 4.78 is 5.08. The Bertz CT molecular complexity index is 708. The summed E-state index contributed by atoms with van der Waals surface area (Å²) in [5.41, 5.74) is 6.76. The second kappa shape index (κ2) is 5.44. The fraction of sp³-hybridized carbons (Fsp3) is 0.438. The molecule has 22 heavy (non-hydrogen) atoms. The summed E-state index contributed by atoms with van der Waals surface area (Å²) in [6.07, 6.45) is 3.93. The first-order valence-corrected chi connectivity index (χ1v) is 7.49. The normalized spacial score (nSPS) is 19.3. The molecule has 1 aliphatic heterocycles. The van der Waals surface area contributed by atoms with Gasteiger partial charge in [-0.2, -0.15) is 5.10 Å². The lowest BCUT2D eigenvalue weighted by Crippen LogP contribution is -2.13. The maximum absolute atomic E-state index is 12.0. The Morgan fingerprint density at radius 1 is 1.41 bits per heavy atom. The highest BCUT2D eigenvalue weighted by Crippen LogP contribution is 2.35. The largest absolute Gasteiger partial charge is 0.462 e. The third-order valence-corrected chi connectivity index (χ3v) is 4.01. The number of nitrogens with zero attached hydrogens (tertiary/aromatic N) is 1. The van der Waals surface area contributed by atoms with Crippen molar-refractivity contribution in [3.63, 3.8) is 0 Å². The highest BCUT2D eigenvalue weighted by molar-refractivity contribution is 6.28. The van der Waals surface area contributed by atoms with E-state index in [1.54, 1.807) is 13.0 Å². The van der Waals surface area contributed by atoms with Gasteiger partial charge < -0.3 is 9.72 Å². The van der Waals surface area contributed by atoms with Crippen LogP contribution in [0.1, 0.15) is 47.1 Å². The quantitative estimate of drug-likeness (QED) is 0.660. The van der Waals surface area contributed by atoms with Gasteiger partial charge in [-0.3, -0.25) is 4.79 Å². The molecule has 1 aliphatic carbocycles. The molecule has 0 spiro atoms. The minimum atomic E-state index is -0.342. The lowest BCUT2D eigenvalue weighted by molar-refractivity contribution is -0.116. The van der Waals surface area contributed by atoms with E-state index in [4.69, 9.17) is 4.74 Å². The average molecular weight is 301 g/mol. The molecule has 0 aromatic carbocycles. The van der Waals surface area contributed by atoms with Gasteiger partial charge in [0.25, 0.3) is 5.91 Å². The third-order valence-electron chi connectivity index (χ3n) is 4.01. The first kappa shape index (κ1) is 14.6. The number of esters is 1. The van der Waals surface area contributed by atoms with Gasteiger partial charge >= 0.3 is 5.97 Å². The van der Waals surface area contributed by atoms with Crippen LogP contribution in [0.2, 0.25) is 0 Å². The number of hydrazone groups is 1. The number of aromatic nitrogens is 1. The Morgan fingerprint density at radius 3 is 2.77 bits per heavy atom. The summed E-state index contributed by atoms with van der Waals surface area (Å²) in [7, 11) is 0. The van der Waals surface area contributed by atoms with Gasteiger partial charge in [0.1, 0.15) is 0 Å². The van der Waals surface area contributed by atoms with Crippen molar-refractivity contribution in [3.8, 4) is 0 Å². The average Bonchev–Trinajstić information content (AvgIpc) is 3.18. The zero-order valence-electron chi connectivity index (χ0n) is 12.9. The summed E-state index contributed by atoms with van der Waals surface area (Å²) in [5, 5.41) is 4.12. The van der Waals surface area contributed by atoms with Crippen LogP contribution in [0.4, 0.5) is 0 Å². The monoisotopic (exact) mass is 301 g/mol. The second-order valence-electron chi connectivity index (χ2n) is 5.65.